The highest BCUT2D eigenvalue weighted by molar-refractivity contribution is 7.10. The standard InChI is InChI=1S/C19H23N3O3S/c1-12-7-8-13-14(11-26-17(13)9-12)19(24)22-21-18(23)10-20-15-5-3-4-6-16(15)25-2/h3-6,11-12,20H,7-10H2,1-2H3,(H,21,23)(H,22,24)/t12-/m0/s1. The van der Waals surface area contributed by atoms with Crippen LogP contribution in [0.2, 0.25) is 0 Å². The van der Waals surface area contributed by atoms with Gasteiger partial charge in [-0.1, -0.05) is 19.1 Å². The van der Waals surface area contributed by atoms with Crippen molar-refractivity contribution in [1.29, 1.82) is 0 Å². The Kier molecular flexibility index (Phi) is 5.78. The van der Waals surface area contributed by atoms with Crippen LogP contribution in [0.1, 0.15) is 34.1 Å². The molecule has 1 heterocycles. The Morgan fingerprint density at radius 3 is 2.88 bits per heavy atom. The molecule has 1 aliphatic rings. The van der Waals surface area contributed by atoms with Gasteiger partial charge in [0.15, 0.2) is 0 Å². The maximum absolute atomic E-state index is 12.4. The molecule has 1 atom stereocenters. The van der Waals surface area contributed by atoms with E-state index < -0.39 is 0 Å². The van der Waals surface area contributed by atoms with E-state index in [1.807, 2.05) is 29.6 Å². The highest BCUT2D eigenvalue weighted by Gasteiger charge is 2.23. The van der Waals surface area contributed by atoms with Crippen molar-refractivity contribution < 1.29 is 14.3 Å². The van der Waals surface area contributed by atoms with E-state index in [4.69, 9.17) is 4.74 Å². The van der Waals surface area contributed by atoms with Crippen LogP contribution in [-0.2, 0) is 17.6 Å². The lowest BCUT2D eigenvalue weighted by atomic mass is 9.88. The number of methoxy groups -OCH3 is 1. The Balaban J connectivity index is 1.51. The highest BCUT2D eigenvalue weighted by Crippen LogP contribution is 2.32. The first-order valence-corrected chi connectivity index (χ1v) is 9.51. The number of carbonyl (C=O) groups excluding carboxylic acids is 2. The van der Waals surface area contributed by atoms with E-state index in [1.54, 1.807) is 18.4 Å². The minimum atomic E-state index is -0.332. The van der Waals surface area contributed by atoms with Crippen molar-refractivity contribution in [2.45, 2.75) is 26.2 Å². The van der Waals surface area contributed by atoms with Crippen molar-refractivity contribution in [1.82, 2.24) is 10.9 Å². The second-order valence-electron chi connectivity index (χ2n) is 6.46. The largest absolute Gasteiger partial charge is 0.495 e. The molecule has 26 heavy (non-hydrogen) atoms. The Morgan fingerprint density at radius 1 is 1.27 bits per heavy atom. The summed E-state index contributed by atoms with van der Waals surface area (Å²) in [4.78, 5) is 25.7. The zero-order valence-electron chi connectivity index (χ0n) is 14.9. The third-order valence-electron chi connectivity index (χ3n) is 4.51. The van der Waals surface area contributed by atoms with Crippen molar-refractivity contribution >= 4 is 28.8 Å². The molecule has 0 saturated carbocycles. The number of para-hydroxylation sites is 2. The van der Waals surface area contributed by atoms with Crippen LogP contribution in [0.3, 0.4) is 0 Å². The Bertz CT molecular complexity index is 803. The van der Waals surface area contributed by atoms with Crippen molar-refractivity contribution in [2.75, 3.05) is 19.0 Å². The molecule has 2 amide bonds. The minimum Gasteiger partial charge on any atom is -0.495 e. The molecule has 0 bridgehead atoms. The smallest absolute Gasteiger partial charge is 0.270 e. The Hall–Kier alpha value is -2.54. The van der Waals surface area contributed by atoms with Crippen LogP contribution >= 0.6 is 11.3 Å². The number of anilines is 1. The first-order valence-electron chi connectivity index (χ1n) is 8.63. The first kappa shape index (κ1) is 18.3. The summed E-state index contributed by atoms with van der Waals surface area (Å²) >= 11 is 1.63. The second-order valence-corrected chi connectivity index (χ2v) is 7.42. The predicted molar refractivity (Wildman–Crippen MR) is 103 cm³/mol. The van der Waals surface area contributed by atoms with Gasteiger partial charge < -0.3 is 10.1 Å². The first-order chi connectivity index (χ1) is 12.6. The van der Waals surface area contributed by atoms with Gasteiger partial charge in [0, 0.05) is 10.3 Å². The fourth-order valence-corrected chi connectivity index (χ4v) is 4.32. The summed E-state index contributed by atoms with van der Waals surface area (Å²) in [5.74, 6) is 0.728. The number of hydrogen-bond donors (Lipinski definition) is 3. The Labute approximate surface area is 156 Å². The number of amides is 2. The van der Waals surface area contributed by atoms with Gasteiger partial charge in [-0.25, -0.2) is 0 Å². The minimum absolute atomic E-state index is 0.0277. The lowest BCUT2D eigenvalue weighted by Crippen LogP contribution is -2.44. The van der Waals surface area contributed by atoms with Crippen LogP contribution in [0.15, 0.2) is 29.6 Å². The summed E-state index contributed by atoms with van der Waals surface area (Å²) in [5, 5.41) is 4.88. The second kappa shape index (κ2) is 8.23. The number of rotatable bonds is 5. The van der Waals surface area contributed by atoms with Crippen LogP contribution in [0, 0.1) is 5.92 Å². The average Bonchev–Trinajstić information content (AvgIpc) is 3.07. The molecular formula is C19H23N3O3S. The number of hydrogen-bond acceptors (Lipinski definition) is 5. The van der Waals surface area contributed by atoms with Crippen molar-refractivity contribution in [3.05, 3.63) is 45.6 Å². The quantitative estimate of drug-likeness (QED) is 0.704. The van der Waals surface area contributed by atoms with E-state index in [-0.39, 0.29) is 18.4 Å². The fraction of sp³-hybridized carbons (Fsp3) is 0.368. The molecule has 6 nitrogen and oxygen atoms in total. The number of carbonyl (C=O) groups is 2. The summed E-state index contributed by atoms with van der Waals surface area (Å²) in [6.45, 7) is 2.26. The van der Waals surface area contributed by atoms with Crippen LogP contribution in [0.4, 0.5) is 5.69 Å². The van der Waals surface area contributed by atoms with Crippen LogP contribution in [-0.4, -0.2) is 25.5 Å². The molecule has 2 aromatic rings. The zero-order valence-corrected chi connectivity index (χ0v) is 15.7. The van der Waals surface area contributed by atoms with Crippen molar-refractivity contribution in [3.63, 3.8) is 0 Å². The van der Waals surface area contributed by atoms with Crippen molar-refractivity contribution in [3.8, 4) is 5.75 Å². The lowest BCUT2D eigenvalue weighted by Gasteiger charge is -2.18. The number of fused-ring (bicyclic) bond motifs is 1. The van der Waals surface area contributed by atoms with Gasteiger partial charge in [0.25, 0.3) is 11.8 Å². The van der Waals surface area contributed by atoms with E-state index >= 15 is 0 Å². The molecule has 1 aromatic heterocycles. The third-order valence-corrected chi connectivity index (χ3v) is 5.56. The summed E-state index contributed by atoms with van der Waals surface area (Å²) in [6.07, 6.45) is 3.05. The molecule has 1 aromatic carbocycles. The molecule has 0 spiro atoms. The summed E-state index contributed by atoms with van der Waals surface area (Å²) < 4.78 is 5.22. The molecule has 3 N–H and O–H groups in total. The summed E-state index contributed by atoms with van der Waals surface area (Å²) in [7, 11) is 1.57. The number of hydrazine groups is 1. The molecule has 0 aliphatic heterocycles. The Morgan fingerprint density at radius 2 is 2.08 bits per heavy atom. The van der Waals surface area contributed by atoms with Gasteiger partial charge in [-0.2, -0.15) is 0 Å². The number of benzene rings is 1. The average molecular weight is 373 g/mol. The molecule has 3 rings (SSSR count). The van der Waals surface area contributed by atoms with Crippen LogP contribution < -0.4 is 20.9 Å². The number of nitrogens with one attached hydrogen (secondary N) is 3. The SMILES string of the molecule is COc1ccccc1NCC(=O)NNC(=O)c1csc2c1CC[C@H](C)C2. The van der Waals surface area contributed by atoms with Gasteiger partial charge >= 0.3 is 0 Å². The molecule has 0 unspecified atom stereocenters. The maximum Gasteiger partial charge on any atom is 0.270 e. The van der Waals surface area contributed by atoms with Crippen LogP contribution in [0.5, 0.6) is 5.75 Å². The van der Waals surface area contributed by atoms with Gasteiger partial charge in [-0.05, 0) is 42.9 Å². The molecule has 138 valence electrons. The predicted octanol–water partition coefficient (Wildman–Crippen LogP) is 2.75. The van der Waals surface area contributed by atoms with Gasteiger partial charge in [-0.3, -0.25) is 20.4 Å². The highest BCUT2D eigenvalue weighted by atomic mass is 32.1. The maximum atomic E-state index is 12.4. The van der Waals surface area contributed by atoms with E-state index in [2.05, 4.69) is 23.1 Å². The molecule has 0 radical (unpaired) electrons. The third kappa shape index (κ3) is 4.16. The lowest BCUT2D eigenvalue weighted by molar-refractivity contribution is -0.120. The fourth-order valence-electron chi connectivity index (χ4n) is 3.07. The number of thiophene rings is 1. The van der Waals surface area contributed by atoms with Crippen molar-refractivity contribution in [2.24, 2.45) is 5.92 Å². The van der Waals surface area contributed by atoms with Crippen LogP contribution in [0.25, 0.3) is 0 Å². The zero-order chi connectivity index (χ0) is 18.5. The topological polar surface area (TPSA) is 79.5 Å². The van der Waals surface area contributed by atoms with E-state index in [1.165, 1.54) is 4.88 Å². The molecule has 0 saturated heterocycles. The monoisotopic (exact) mass is 373 g/mol. The molecule has 0 fully saturated rings. The van der Waals surface area contributed by atoms with Gasteiger partial charge in [-0.15, -0.1) is 11.3 Å². The van der Waals surface area contributed by atoms with E-state index in [0.717, 1.165) is 30.5 Å². The van der Waals surface area contributed by atoms with Gasteiger partial charge in [0.2, 0.25) is 0 Å². The van der Waals surface area contributed by atoms with E-state index in [0.29, 0.717) is 17.2 Å². The van der Waals surface area contributed by atoms with Gasteiger partial charge in [0.05, 0.1) is 24.9 Å². The summed E-state index contributed by atoms with van der Waals surface area (Å²) in [6, 6.07) is 7.34. The number of ether oxygens (including phenoxy) is 1. The van der Waals surface area contributed by atoms with E-state index in [9.17, 15) is 9.59 Å². The van der Waals surface area contributed by atoms with Gasteiger partial charge in [0.1, 0.15) is 5.75 Å². The molecule has 7 heteroatoms. The molecule has 1 aliphatic carbocycles. The molecular weight excluding hydrogens is 350 g/mol. The normalized spacial score (nSPS) is 15.7. The summed E-state index contributed by atoms with van der Waals surface area (Å²) in [5.41, 5.74) is 7.49.